The number of anilines is 1. The fourth-order valence-corrected chi connectivity index (χ4v) is 2.20. The molecule has 98 valence electrons. The van der Waals surface area contributed by atoms with Gasteiger partial charge in [0, 0.05) is 18.3 Å². The van der Waals surface area contributed by atoms with E-state index in [0.717, 1.165) is 36.1 Å². The van der Waals surface area contributed by atoms with Crippen LogP contribution >= 0.6 is 0 Å². The minimum atomic E-state index is 0.765. The van der Waals surface area contributed by atoms with Gasteiger partial charge in [-0.25, -0.2) is 9.97 Å². The van der Waals surface area contributed by atoms with Crippen LogP contribution in [0.1, 0.15) is 37.7 Å². The summed E-state index contributed by atoms with van der Waals surface area (Å²) in [6.45, 7) is 3.09. The lowest BCUT2D eigenvalue weighted by molar-refractivity contribution is 0.966. The molecule has 1 aromatic carbocycles. The van der Waals surface area contributed by atoms with Crippen molar-refractivity contribution in [1.29, 1.82) is 0 Å². The van der Waals surface area contributed by atoms with E-state index < -0.39 is 0 Å². The molecule has 3 heteroatoms. The largest absolute Gasteiger partial charge is 0.370 e. The molecule has 3 rings (SSSR count). The Morgan fingerprint density at radius 3 is 2.95 bits per heavy atom. The minimum absolute atomic E-state index is 0.765. The first-order valence-electron chi connectivity index (χ1n) is 7.04. The Labute approximate surface area is 114 Å². The molecule has 1 aliphatic rings. The molecular weight excluding hydrogens is 234 g/mol. The quantitative estimate of drug-likeness (QED) is 0.879. The molecule has 3 nitrogen and oxygen atoms in total. The average molecular weight is 253 g/mol. The number of aromatic nitrogens is 2. The fraction of sp³-hybridized carbons (Fsp3) is 0.375. The predicted molar refractivity (Wildman–Crippen MR) is 78.2 cm³/mol. The number of nitrogens with one attached hydrogen (secondary N) is 1. The number of hydrogen-bond acceptors (Lipinski definition) is 3. The topological polar surface area (TPSA) is 37.8 Å². The summed E-state index contributed by atoms with van der Waals surface area (Å²) < 4.78 is 0. The predicted octanol–water partition coefficient (Wildman–Crippen LogP) is 3.84. The second-order valence-electron chi connectivity index (χ2n) is 5.09. The SMILES string of the molecule is CCCNc1ccnc(-c2cccc(C3CC3)c2)n1. The summed E-state index contributed by atoms with van der Waals surface area (Å²) in [6, 6.07) is 10.6. The molecule has 1 saturated carbocycles. The van der Waals surface area contributed by atoms with E-state index in [2.05, 4.69) is 46.5 Å². The fourth-order valence-electron chi connectivity index (χ4n) is 2.20. The normalized spacial score (nSPS) is 14.4. The lowest BCUT2D eigenvalue weighted by atomic mass is 10.1. The van der Waals surface area contributed by atoms with Gasteiger partial charge >= 0.3 is 0 Å². The van der Waals surface area contributed by atoms with Crippen LogP contribution in [0.3, 0.4) is 0 Å². The Bertz CT molecular complexity index is 561. The Hall–Kier alpha value is -1.90. The smallest absolute Gasteiger partial charge is 0.161 e. The first-order valence-corrected chi connectivity index (χ1v) is 7.04. The summed E-state index contributed by atoms with van der Waals surface area (Å²) in [4.78, 5) is 8.97. The molecule has 0 atom stereocenters. The van der Waals surface area contributed by atoms with E-state index in [0.29, 0.717) is 0 Å². The van der Waals surface area contributed by atoms with E-state index >= 15 is 0 Å². The van der Waals surface area contributed by atoms with Gasteiger partial charge in [0.1, 0.15) is 5.82 Å². The van der Waals surface area contributed by atoms with Gasteiger partial charge in [-0.15, -0.1) is 0 Å². The van der Waals surface area contributed by atoms with E-state index in [1.807, 2.05) is 12.3 Å². The van der Waals surface area contributed by atoms with E-state index in [1.165, 1.54) is 18.4 Å². The minimum Gasteiger partial charge on any atom is -0.370 e. The number of rotatable bonds is 5. The highest BCUT2D eigenvalue weighted by Crippen LogP contribution is 2.40. The molecule has 19 heavy (non-hydrogen) atoms. The second kappa shape index (κ2) is 5.39. The van der Waals surface area contributed by atoms with Crippen molar-refractivity contribution in [3.05, 3.63) is 42.1 Å². The van der Waals surface area contributed by atoms with Gasteiger partial charge in [0.05, 0.1) is 0 Å². The summed E-state index contributed by atoms with van der Waals surface area (Å²) in [5.41, 5.74) is 2.54. The highest BCUT2D eigenvalue weighted by molar-refractivity contribution is 5.58. The third-order valence-corrected chi connectivity index (χ3v) is 3.41. The first-order chi connectivity index (χ1) is 9.36. The van der Waals surface area contributed by atoms with Crippen molar-refractivity contribution in [3.63, 3.8) is 0 Å². The van der Waals surface area contributed by atoms with Gasteiger partial charge in [0.2, 0.25) is 0 Å². The average Bonchev–Trinajstić information content (AvgIpc) is 3.30. The number of nitrogens with zero attached hydrogens (tertiary/aromatic N) is 2. The van der Waals surface area contributed by atoms with Crippen LogP contribution in [-0.4, -0.2) is 16.5 Å². The van der Waals surface area contributed by atoms with E-state index in [-0.39, 0.29) is 0 Å². The van der Waals surface area contributed by atoms with Gasteiger partial charge in [-0.3, -0.25) is 0 Å². The third-order valence-electron chi connectivity index (χ3n) is 3.41. The molecule has 0 radical (unpaired) electrons. The first kappa shape index (κ1) is 12.2. The highest BCUT2D eigenvalue weighted by atomic mass is 15.0. The van der Waals surface area contributed by atoms with Crippen LogP contribution in [0.4, 0.5) is 5.82 Å². The van der Waals surface area contributed by atoms with E-state index in [9.17, 15) is 0 Å². The van der Waals surface area contributed by atoms with Crippen molar-refractivity contribution in [1.82, 2.24) is 9.97 Å². The molecule has 1 aromatic heterocycles. The highest BCUT2D eigenvalue weighted by Gasteiger charge is 2.23. The Kier molecular flexibility index (Phi) is 3.45. The summed E-state index contributed by atoms with van der Waals surface area (Å²) in [7, 11) is 0. The molecule has 0 spiro atoms. The summed E-state index contributed by atoms with van der Waals surface area (Å²) in [5.74, 6) is 2.48. The maximum absolute atomic E-state index is 4.58. The Morgan fingerprint density at radius 1 is 1.26 bits per heavy atom. The molecule has 1 aliphatic carbocycles. The Balaban J connectivity index is 1.86. The van der Waals surface area contributed by atoms with Crippen LogP contribution < -0.4 is 5.32 Å². The van der Waals surface area contributed by atoms with Gasteiger partial charge in [0.15, 0.2) is 5.82 Å². The molecular formula is C16H19N3. The van der Waals surface area contributed by atoms with E-state index in [1.54, 1.807) is 0 Å². The maximum Gasteiger partial charge on any atom is 0.161 e. The lowest BCUT2D eigenvalue weighted by Crippen LogP contribution is -2.03. The summed E-state index contributed by atoms with van der Waals surface area (Å²) >= 11 is 0. The van der Waals surface area contributed by atoms with Crippen molar-refractivity contribution < 1.29 is 0 Å². The zero-order valence-corrected chi connectivity index (χ0v) is 11.3. The molecule has 0 unspecified atom stereocenters. The molecule has 1 N–H and O–H groups in total. The van der Waals surface area contributed by atoms with Crippen LogP contribution in [0.25, 0.3) is 11.4 Å². The standard InChI is InChI=1S/C16H19N3/c1-2-9-17-15-8-10-18-16(19-15)14-5-3-4-13(11-14)12-6-7-12/h3-5,8,10-12H,2,6-7,9H2,1H3,(H,17,18,19). The van der Waals surface area contributed by atoms with Crippen molar-refractivity contribution in [2.75, 3.05) is 11.9 Å². The second-order valence-corrected chi connectivity index (χ2v) is 5.09. The van der Waals surface area contributed by atoms with Crippen LogP contribution in [0.15, 0.2) is 36.5 Å². The van der Waals surface area contributed by atoms with Crippen molar-refractivity contribution in [2.45, 2.75) is 32.1 Å². The molecule has 0 aliphatic heterocycles. The van der Waals surface area contributed by atoms with Crippen LogP contribution in [0, 0.1) is 0 Å². The van der Waals surface area contributed by atoms with Crippen molar-refractivity contribution in [3.8, 4) is 11.4 Å². The van der Waals surface area contributed by atoms with Gasteiger partial charge in [-0.2, -0.15) is 0 Å². The molecule has 1 heterocycles. The summed E-state index contributed by atoms with van der Waals surface area (Å²) in [5, 5.41) is 3.30. The number of hydrogen-bond donors (Lipinski definition) is 1. The van der Waals surface area contributed by atoms with Gasteiger partial charge in [-0.05, 0) is 42.9 Å². The maximum atomic E-state index is 4.58. The molecule has 0 bridgehead atoms. The molecule has 0 saturated heterocycles. The van der Waals surface area contributed by atoms with Gasteiger partial charge in [-0.1, -0.05) is 25.1 Å². The number of benzene rings is 1. The van der Waals surface area contributed by atoms with Crippen molar-refractivity contribution in [2.24, 2.45) is 0 Å². The lowest BCUT2D eigenvalue weighted by Gasteiger charge is -2.07. The van der Waals surface area contributed by atoms with Gasteiger partial charge < -0.3 is 5.32 Å². The van der Waals surface area contributed by atoms with Crippen molar-refractivity contribution >= 4 is 5.82 Å². The van der Waals surface area contributed by atoms with Crippen LogP contribution in [-0.2, 0) is 0 Å². The Morgan fingerprint density at radius 2 is 2.16 bits per heavy atom. The molecule has 1 fully saturated rings. The zero-order valence-electron chi connectivity index (χ0n) is 11.3. The van der Waals surface area contributed by atoms with Gasteiger partial charge in [0.25, 0.3) is 0 Å². The van der Waals surface area contributed by atoms with Crippen LogP contribution in [0.2, 0.25) is 0 Å². The van der Waals surface area contributed by atoms with E-state index in [4.69, 9.17) is 0 Å². The molecule has 0 amide bonds. The zero-order chi connectivity index (χ0) is 13.1. The van der Waals surface area contributed by atoms with Crippen LogP contribution in [0.5, 0.6) is 0 Å². The molecule has 2 aromatic rings. The monoisotopic (exact) mass is 253 g/mol. The third kappa shape index (κ3) is 2.92. The summed E-state index contributed by atoms with van der Waals surface area (Å²) in [6.07, 6.45) is 5.56.